The maximum atomic E-state index is 14.1. The summed E-state index contributed by atoms with van der Waals surface area (Å²) in [7, 11) is 1.77. The van der Waals surface area contributed by atoms with Gasteiger partial charge in [0.25, 0.3) is 0 Å². The van der Waals surface area contributed by atoms with Gasteiger partial charge in [-0.05, 0) is 43.9 Å². The lowest BCUT2D eigenvalue weighted by Gasteiger charge is -2.35. The van der Waals surface area contributed by atoms with Crippen LogP contribution in [0.1, 0.15) is 31.2 Å². The van der Waals surface area contributed by atoms with E-state index < -0.39 is 0 Å². The molecule has 0 aromatic heterocycles. The minimum atomic E-state index is -0.106. The Balaban J connectivity index is 0.00000210. The summed E-state index contributed by atoms with van der Waals surface area (Å²) in [6.45, 7) is 4.48. The van der Waals surface area contributed by atoms with E-state index in [9.17, 15) is 4.39 Å². The van der Waals surface area contributed by atoms with Gasteiger partial charge in [0.05, 0.1) is 12.7 Å². The standard InChI is InChI=1S/C20H29FN4O.HI/c1-22-19(23-11-16-12-25-10-4-5-15(25)13-26-16)24-14-20(8-9-20)17-6-2-3-7-18(17)21;/h2-3,6-7,15-16H,4-5,8-14H2,1H3,(H2,22,23,24);1H. The van der Waals surface area contributed by atoms with E-state index in [2.05, 4.69) is 20.5 Å². The van der Waals surface area contributed by atoms with Crippen molar-refractivity contribution in [2.75, 3.05) is 39.8 Å². The van der Waals surface area contributed by atoms with Crippen LogP contribution < -0.4 is 10.6 Å². The minimum Gasteiger partial charge on any atom is -0.373 e. The zero-order chi connectivity index (χ0) is 18.0. The van der Waals surface area contributed by atoms with Crippen LogP contribution in [0.3, 0.4) is 0 Å². The highest BCUT2D eigenvalue weighted by molar-refractivity contribution is 14.0. The molecule has 1 saturated carbocycles. The largest absolute Gasteiger partial charge is 0.373 e. The Morgan fingerprint density at radius 1 is 1.33 bits per heavy atom. The van der Waals surface area contributed by atoms with Gasteiger partial charge in [0.15, 0.2) is 5.96 Å². The molecular weight excluding hydrogens is 458 g/mol. The van der Waals surface area contributed by atoms with Crippen molar-refractivity contribution in [3.8, 4) is 0 Å². The predicted molar refractivity (Wildman–Crippen MR) is 116 cm³/mol. The molecular formula is C20H30FIN4O. The van der Waals surface area contributed by atoms with Crippen LogP contribution in [0.25, 0.3) is 0 Å². The Hall–Kier alpha value is -0.930. The number of hydrogen-bond acceptors (Lipinski definition) is 3. The molecule has 0 bridgehead atoms. The molecule has 0 amide bonds. The minimum absolute atomic E-state index is 0. The van der Waals surface area contributed by atoms with Crippen LogP contribution in [0.2, 0.25) is 0 Å². The van der Waals surface area contributed by atoms with Crippen molar-refractivity contribution in [3.05, 3.63) is 35.6 Å². The molecule has 5 nitrogen and oxygen atoms in total. The summed E-state index contributed by atoms with van der Waals surface area (Å²) < 4.78 is 20.1. The molecule has 2 atom stereocenters. The smallest absolute Gasteiger partial charge is 0.191 e. The Morgan fingerprint density at radius 3 is 2.89 bits per heavy atom. The van der Waals surface area contributed by atoms with Crippen molar-refractivity contribution in [1.82, 2.24) is 15.5 Å². The second-order valence-electron chi connectivity index (χ2n) is 7.81. The molecule has 150 valence electrons. The van der Waals surface area contributed by atoms with Gasteiger partial charge >= 0.3 is 0 Å². The van der Waals surface area contributed by atoms with E-state index in [1.807, 2.05) is 12.1 Å². The molecule has 1 aromatic rings. The zero-order valence-corrected chi connectivity index (χ0v) is 18.2. The molecule has 1 aromatic carbocycles. The lowest BCUT2D eigenvalue weighted by Crippen LogP contribution is -2.51. The van der Waals surface area contributed by atoms with Crippen molar-refractivity contribution in [2.24, 2.45) is 4.99 Å². The van der Waals surface area contributed by atoms with Gasteiger partial charge in [0.1, 0.15) is 5.82 Å². The normalized spacial score (nSPS) is 26.8. The van der Waals surface area contributed by atoms with E-state index in [0.29, 0.717) is 12.6 Å². The summed E-state index contributed by atoms with van der Waals surface area (Å²) in [5.74, 6) is 0.658. The van der Waals surface area contributed by atoms with E-state index in [1.165, 1.54) is 19.4 Å². The summed E-state index contributed by atoms with van der Waals surface area (Å²) >= 11 is 0. The third-order valence-electron chi connectivity index (χ3n) is 6.08. The monoisotopic (exact) mass is 488 g/mol. The third kappa shape index (κ3) is 4.74. The molecule has 2 unspecified atom stereocenters. The number of halogens is 2. The van der Waals surface area contributed by atoms with Crippen molar-refractivity contribution in [1.29, 1.82) is 0 Å². The lowest BCUT2D eigenvalue weighted by atomic mass is 9.95. The van der Waals surface area contributed by atoms with Gasteiger partial charge in [-0.2, -0.15) is 0 Å². The first-order valence-electron chi connectivity index (χ1n) is 9.75. The van der Waals surface area contributed by atoms with Gasteiger partial charge in [-0.25, -0.2) is 4.39 Å². The van der Waals surface area contributed by atoms with Crippen molar-refractivity contribution >= 4 is 29.9 Å². The second-order valence-corrected chi connectivity index (χ2v) is 7.81. The molecule has 3 aliphatic rings. The average molecular weight is 488 g/mol. The van der Waals surface area contributed by atoms with Gasteiger partial charge < -0.3 is 15.4 Å². The Bertz CT molecular complexity index is 667. The first-order chi connectivity index (χ1) is 12.7. The summed E-state index contributed by atoms with van der Waals surface area (Å²) in [6.07, 6.45) is 4.78. The molecule has 3 fully saturated rings. The number of rotatable bonds is 5. The highest BCUT2D eigenvalue weighted by Crippen LogP contribution is 2.48. The molecule has 0 radical (unpaired) electrons. The Labute approximate surface area is 178 Å². The summed E-state index contributed by atoms with van der Waals surface area (Å²) in [6, 6.07) is 7.74. The van der Waals surface area contributed by atoms with Crippen molar-refractivity contribution < 1.29 is 9.13 Å². The summed E-state index contributed by atoms with van der Waals surface area (Å²) in [5.41, 5.74) is 0.728. The van der Waals surface area contributed by atoms with Crippen LogP contribution in [0.4, 0.5) is 4.39 Å². The topological polar surface area (TPSA) is 48.9 Å². The number of fused-ring (bicyclic) bond motifs is 1. The predicted octanol–water partition coefficient (Wildman–Crippen LogP) is 2.50. The van der Waals surface area contributed by atoms with E-state index in [0.717, 1.165) is 44.1 Å². The Kier molecular flexibility index (Phi) is 6.97. The van der Waals surface area contributed by atoms with E-state index in [4.69, 9.17) is 4.74 Å². The molecule has 0 spiro atoms. The number of aliphatic imine (C=N–C) groups is 1. The highest BCUT2D eigenvalue weighted by Gasteiger charge is 2.45. The van der Waals surface area contributed by atoms with Gasteiger partial charge in [0.2, 0.25) is 0 Å². The van der Waals surface area contributed by atoms with E-state index in [-0.39, 0.29) is 41.3 Å². The molecule has 2 saturated heterocycles. The van der Waals surface area contributed by atoms with E-state index >= 15 is 0 Å². The quantitative estimate of drug-likeness (QED) is 0.380. The second kappa shape index (κ2) is 9.05. The van der Waals surface area contributed by atoms with Crippen LogP contribution in [0.15, 0.2) is 29.3 Å². The number of guanidine groups is 1. The molecule has 27 heavy (non-hydrogen) atoms. The number of ether oxygens (including phenoxy) is 1. The van der Waals surface area contributed by atoms with Crippen molar-refractivity contribution in [2.45, 2.75) is 43.2 Å². The number of benzene rings is 1. The lowest BCUT2D eigenvalue weighted by molar-refractivity contribution is -0.0453. The molecule has 2 heterocycles. The maximum Gasteiger partial charge on any atom is 0.191 e. The van der Waals surface area contributed by atoms with Crippen molar-refractivity contribution in [3.63, 3.8) is 0 Å². The first-order valence-corrected chi connectivity index (χ1v) is 9.75. The van der Waals surface area contributed by atoms with Gasteiger partial charge in [0, 0.05) is 38.1 Å². The summed E-state index contributed by atoms with van der Waals surface area (Å²) in [4.78, 5) is 6.86. The number of nitrogens with zero attached hydrogens (tertiary/aromatic N) is 2. The molecule has 4 rings (SSSR count). The maximum absolute atomic E-state index is 14.1. The van der Waals surface area contributed by atoms with Crippen LogP contribution in [0.5, 0.6) is 0 Å². The van der Waals surface area contributed by atoms with Gasteiger partial charge in [-0.15, -0.1) is 24.0 Å². The molecule has 2 N–H and O–H groups in total. The highest BCUT2D eigenvalue weighted by atomic mass is 127. The molecule has 1 aliphatic carbocycles. The van der Waals surface area contributed by atoms with E-state index in [1.54, 1.807) is 19.2 Å². The zero-order valence-electron chi connectivity index (χ0n) is 15.9. The fourth-order valence-electron chi connectivity index (χ4n) is 4.28. The van der Waals surface area contributed by atoms with Gasteiger partial charge in [-0.1, -0.05) is 18.2 Å². The average Bonchev–Trinajstić information content (AvgIpc) is 3.30. The number of nitrogens with one attached hydrogen (secondary N) is 2. The number of morpholine rings is 1. The first kappa shape index (κ1) is 20.8. The molecule has 7 heteroatoms. The van der Waals surface area contributed by atoms with Crippen LogP contribution in [-0.4, -0.2) is 62.8 Å². The third-order valence-corrected chi connectivity index (χ3v) is 6.08. The van der Waals surface area contributed by atoms with Gasteiger partial charge in [-0.3, -0.25) is 9.89 Å². The van der Waals surface area contributed by atoms with Crippen LogP contribution in [-0.2, 0) is 10.2 Å². The molecule has 2 aliphatic heterocycles. The number of hydrogen-bond donors (Lipinski definition) is 2. The fourth-order valence-corrected chi connectivity index (χ4v) is 4.28. The fraction of sp³-hybridized carbons (Fsp3) is 0.650. The summed E-state index contributed by atoms with van der Waals surface area (Å²) in [5, 5.41) is 6.77. The SMILES string of the molecule is CN=C(NCC1CN2CCCC2CO1)NCC1(c2ccccc2F)CC1.I. The van der Waals surface area contributed by atoms with Crippen LogP contribution in [0, 0.1) is 5.82 Å². The Morgan fingerprint density at radius 2 is 2.15 bits per heavy atom. The van der Waals surface area contributed by atoms with Crippen LogP contribution >= 0.6 is 24.0 Å².